The van der Waals surface area contributed by atoms with Gasteiger partial charge < -0.3 is 20.9 Å². The molecule has 2 aromatic heterocycles. The van der Waals surface area contributed by atoms with Crippen molar-refractivity contribution in [1.82, 2.24) is 15.1 Å². The van der Waals surface area contributed by atoms with Crippen molar-refractivity contribution in [3.63, 3.8) is 0 Å². The van der Waals surface area contributed by atoms with E-state index in [1.807, 2.05) is 0 Å². The zero-order valence-corrected chi connectivity index (χ0v) is 12.0. The number of nitrogens with two attached hydrogens (primary N) is 1. The lowest BCUT2D eigenvalue weighted by Crippen LogP contribution is -2.05. The third kappa shape index (κ3) is 3.18. The third-order valence-corrected chi connectivity index (χ3v) is 2.94. The lowest BCUT2D eigenvalue weighted by atomic mass is 10.3. The molecule has 0 atom stereocenters. The van der Waals surface area contributed by atoms with Crippen LogP contribution < -0.4 is 16.4 Å². The van der Waals surface area contributed by atoms with Crippen LogP contribution in [0.3, 0.4) is 0 Å². The quantitative estimate of drug-likeness (QED) is 0.679. The molecule has 4 N–H and O–H groups in total. The molecule has 0 bridgehead atoms. The highest BCUT2D eigenvalue weighted by molar-refractivity contribution is 5.79. The number of nitrogen functional groups attached to an aromatic ring is 1. The SMILES string of the molecule is Cc1cc(Nc2ncnc(Nc3ccc(F)c(F)c3)c2N)no1. The normalized spacial score (nSPS) is 10.6. The predicted molar refractivity (Wildman–Crippen MR) is 80.6 cm³/mol. The van der Waals surface area contributed by atoms with E-state index in [1.165, 1.54) is 12.4 Å². The van der Waals surface area contributed by atoms with Gasteiger partial charge in [0.05, 0.1) is 0 Å². The third-order valence-electron chi connectivity index (χ3n) is 2.94. The van der Waals surface area contributed by atoms with Gasteiger partial charge in [-0.05, 0) is 19.1 Å². The molecule has 1 aromatic carbocycles. The fraction of sp³-hybridized carbons (Fsp3) is 0.0714. The van der Waals surface area contributed by atoms with Crippen molar-refractivity contribution in [3.8, 4) is 0 Å². The van der Waals surface area contributed by atoms with Gasteiger partial charge in [-0.25, -0.2) is 18.7 Å². The summed E-state index contributed by atoms with van der Waals surface area (Å²) in [4.78, 5) is 8.00. The van der Waals surface area contributed by atoms with Crippen molar-refractivity contribution >= 4 is 28.8 Å². The summed E-state index contributed by atoms with van der Waals surface area (Å²) in [6.45, 7) is 1.75. The summed E-state index contributed by atoms with van der Waals surface area (Å²) in [7, 11) is 0. The number of halogens is 2. The molecule has 0 aliphatic rings. The average molecular weight is 318 g/mol. The number of hydrogen-bond donors (Lipinski definition) is 3. The summed E-state index contributed by atoms with van der Waals surface area (Å²) >= 11 is 0. The number of aryl methyl sites for hydroxylation is 1. The van der Waals surface area contributed by atoms with Gasteiger partial charge in [0.15, 0.2) is 29.1 Å². The highest BCUT2D eigenvalue weighted by atomic mass is 19.2. The number of aromatic nitrogens is 3. The Labute approximate surface area is 129 Å². The molecule has 3 rings (SSSR count). The van der Waals surface area contributed by atoms with Gasteiger partial charge in [0.2, 0.25) is 0 Å². The van der Waals surface area contributed by atoms with Gasteiger partial charge in [-0.1, -0.05) is 5.16 Å². The minimum Gasteiger partial charge on any atom is -0.393 e. The van der Waals surface area contributed by atoms with Crippen LogP contribution in [0.5, 0.6) is 0 Å². The maximum atomic E-state index is 13.2. The number of benzene rings is 1. The second-order valence-corrected chi connectivity index (χ2v) is 4.69. The standard InChI is InChI=1S/C14H12F2N6O/c1-7-4-11(22-23-7)21-14-12(17)13(18-6-19-14)20-8-2-3-9(15)10(16)5-8/h2-6H,17H2,1H3,(H2,18,19,20,21,22). The zero-order valence-electron chi connectivity index (χ0n) is 12.0. The highest BCUT2D eigenvalue weighted by Crippen LogP contribution is 2.28. The van der Waals surface area contributed by atoms with E-state index in [0.29, 0.717) is 23.1 Å². The molecular weight excluding hydrogens is 306 g/mol. The Morgan fingerprint density at radius 2 is 1.78 bits per heavy atom. The Bertz CT molecular complexity index is 851. The zero-order chi connectivity index (χ0) is 16.4. The Balaban J connectivity index is 1.85. The van der Waals surface area contributed by atoms with Gasteiger partial charge in [0.1, 0.15) is 17.8 Å². The molecule has 3 aromatic rings. The van der Waals surface area contributed by atoms with Crippen LogP contribution in [0, 0.1) is 18.6 Å². The van der Waals surface area contributed by atoms with Gasteiger partial charge in [0.25, 0.3) is 0 Å². The van der Waals surface area contributed by atoms with Gasteiger partial charge >= 0.3 is 0 Å². The second-order valence-electron chi connectivity index (χ2n) is 4.69. The van der Waals surface area contributed by atoms with Crippen molar-refractivity contribution in [2.24, 2.45) is 0 Å². The van der Waals surface area contributed by atoms with Crippen LogP contribution in [0.15, 0.2) is 35.1 Å². The van der Waals surface area contributed by atoms with Gasteiger partial charge in [-0.15, -0.1) is 0 Å². The van der Waals surface area contributed by atoms with Crippen molar-refractivity contribution in [1.29, 1.82) is 0 Å². The summed E-state index contributed by atoms with van der Waals surface area (Å²) in [6.07, 6.45) is 1.27. The van der Waals surface area contributed by atoms with Gasteiger partial charge in [-0.2, -0.15) is 0 Å². The molecule has 2 heterocycles. The summed E-state index contributed by atoms with van der Waals surface area (Å²) in [5, 5.41) is 9.46. The number of rotatable bonds is 4. The molecule has 0 saturated carbocycles. The molecule has 0 amide bonds. The lowest BCUT2D eigenvalue weighted by Gasteiger charge is -2.11. The van der Waals surface area contributed by atoms with E-state index < -0.39 is 11.6 Å². The van der Waals surface area contributed by atoms with E-state index in [0.717, 1.165) is 12.1 Å². The van der Waals surface area contributed by atoms with Crippen LogP contribution in [-0.4, -0.2) is 15.1 Å². The van der Waals surface area contributed by atoms with Crippen LogP contribution >= 0.6 is 0 Å². The molecule has 23 heavy (non-hydrogen) atoms. The molecule has 0 saturated heterocycles. The Morgan fingerprint density at radius 1 is 1.04 bits per heavy atom. The van der Waals surface area contributed by atoms with E-state index in [2.05, 4.69) is 25.8 Å². The van der Waals surface area contributed by atoms with Crippen molar-refractivity contribution in [2.45, 2.75) is 6.92 Å². The molecule has 0 radical (unpaired) electrons. The van der Waals surface area contributed by atoms with E-state index in [1.54, 1.807) is 13.0 Å². The Kier molecular flexibility index (Phi) is 3.75. The summed E-state index contributed by atoms with van der Waals surface area (Å²) in [5.41, 5.74) is 6.47. The minimum atomic E-state index is -0.973. The van der Waals surface area contributed by atoms with E-state index in [-0.39, 0.29) is 11.5 Å². The minimum absolute atomic E-state index is 0.192. The van der Waals surface area contributed by atoms with Gasteiger partial charge in [-0.3, -0.25) is 0 Å². The predicted octanol–water partition coefficient (Wildman–Crippen LogP) is 3.12. The molecular formula is C14H12F2N6O. The largest absolute Gasteiger partial charge is 0.393 e. The van der Waals surface area contributed by atoms with Crippen molar-refractivity contribution in [2.75, 3.05) is 16.4 Å². The fourth-order valence-corrected chi connectivity index (χ4v) is 1.85. The van der Waals surface area contributed by atoms with Crippen LogP contribution in [0.25, 0.3) is 0 Å². The highest BCUT2D eigenvalue weighted by Gasteiger charge is 2.11. The molecule has 7 nitrogen and oxygen atoms in total. The van der Waals surface area contributed by atoms with E-state index in [9.17, 15) is 8.78 Å². The number of nitrogens with zero attached hydrogens (tertiary/aromatic N) is 3. The molecule has 9 heteroatoms. The average Bonchev–Trinajstić information content (AvgIpc) is 2.92. The second kappa shape index (κ2) is 5.87. The van der Waals surface area contributed by atoms with Crippen molar-refractivity contribution in [3.05, 3.63) is 48.0 Å². The first-order valence-electron chi connectivity index (χ1n) is 6.56. The first kappa shape index (κ1) is 14.7. The molecule has 0 spiro atoms. The van der Waals surface area contributed by atoms with E-state index in [4.69, 9.17) is 10.3 Å². The maximum Gasteiger partial charge on any atom is 0.175 e. The topological polar surface area (TPSA) is 102 Å². The summed E-state index contributed by atoms with van der Waals surface area (Å²) in [6, 6.07) is 5.05. The van der Waals surface area contributed by atoms with Crippen LogP contribution in [0.2, 0.25) is 0 Å². The fourth-order valence-electron chi connectivity index (χ4n) is 1.85. The smallest absolute Gasteiger partial charge is 0.175 e. The molecule has 0 unspecified atom stereocenters. The molecule has 118 valence electrons. The molecule has 0 aliphatic carbocycles. The lowest BCUT2D eigenvalue weighted by molar-refractivity contribution is 0.400. The van der Waals surface area contributed by atoms with Crippen LogP contribution in [0.1, 0.15) is 5.76 Å². The number of anilines is 5. The Morgan fingerprint density at radius 3 is 2.43 bits per heavy atom. The maximum absolute atomic E-state index is 13.2. The van der Waals surface area contributed by atoms with E-state index >= 15 is 0 Å². The first-order chi connectivity index (χ1) is 11.0. The number of hydrogen-bond acceptors (Lipinski definition) is 7. The van der Waals surface area contributed by atoms with Crippen molar-refractivity contribution < 1.29 is 13.3 Å². The summed E-state index contributed by atoms with van der Waals surface area (Å²) in [5.74, 6) is -0.298. The molecule has 0 aliphatic heterocycles. The number of nitrogens with one attached hydrogen (secondary N) is 2. The summed E-state index contributed by atoms with van der Waals surface area (Å²) < 4.78 is 31.1. The van der Waals surface area contributed by atoms with Crippen LogP contribution in [-0.2, 0) is 0 Å². The first-order valence-corrected chi connectivity index (χ1v) is 6.56. The molecule has 0 fully saturated rings. The monoisotopic (exact) mass is 318 g/mol. The van der Waals surface area contributed by atoms with Crippen LogP contribution in [0.4, 0.5) is 37.6 Å². The Hall–Kier alpha value is -3.23. The van der Waals surface area contributed by atoms with Gasteiger partial charge in [0, 0.05) is 17.8 Å².